The van der Waals surface area contributed by atoms with Crippen LogP contribution in [0, 0.1) is 5.92 Å². The van der Waals surface area contributed by atoms with Crippen molar-refractivity contribution in [2.45, 2.75) is 43.7 Å². The number of hydrogen-bond acceptors (Lipinski definition) is 5. The minimum atomic E-state index is -1.03. The summed E-state index contributed by atoms with van der Waals surface area (Å²) in [5, 5.41) is 8.87. The molecule has 0 radical (unpaired) electrons. The molecule has 6 heteroatoms. The van der Waals surface area contributed by atoms with E-state index in [-0.39, 0.29) is 18.1 Å². The van der Waals surface area contributed by atoms with Crippen molar-refractivity contribution in [2.75, 3.05) is 0 Å². The van der Waals surface area contributed by atoms with Crippen molar-refractivity contribution in [2.24, 2.45) is 17.4 Å². The highest BCUT2D eigenvalue weighted by Crippen LogP contribution is 2.34. The lowest BCUT2D eigenvalue weighted by molar-refractivity contribution is -0.139. The summed E-state index contributed by atoms with van der Waals surface area (Å²) in [6, 6.07) is 2.57. The minimum Gasteiger partial charge on any atom is -0.480 e. The molecule has 1 fully saturated rings. The number of aliphatic carboxylic acids is 1. The van der Waals surface area contributed by atoms with Crippen LogP contribution in [0.2, 0.25) is 0 Å². The molecule has 1 saturated carbocycles. The SMILES string of the molecule is N[C@@H](CC1(N)CCC(C(=O)c2cccnc2)CC1)C(=O)O. The van der Waals surface area contributed by atoms with E-state index in [1.165, 1.54) is 0 Å². The number of nitrogens with two attached hydrogens (primary N) is 2. The number of ketones is 1. The van der Waals surface area contributed by atoms with Gasteiger partial charge in [-0.15, -0.1) is 0 Å². The highest BCUT2D eigenvalue weighted by molar-refractivity contribution is 5.97. The third-order valence-corrected chi connectivity index (χ3v) is 4.24. The Morgan fingerprint density at radius 3 is 2.62 bits per heavy atom. The van der Waals surface area contributed by atoms with Gasteiger partial charge in [0.15, 0.2) is 5.78 Å². The van der Waals surface area contributed by atoms with Crippen molar-refractivity contribution >= 4 is 11.8 Å². The van der Waals surface area contributed by atoms with Gasteiger partial charge in [0.05, 0.1) is 0 Å². The minimum absolute atomic E-state index is 0.0630. The Morgan fingerprint density at radius 2 is 2.10 bits per heavy atom. The molecular formula is C15H21N3O3. The van der Waals surface area contributed by atoms with Gasteiger partial charge in [-0.1, -0.05) is 0 Å². The number of hydrogen-bond donors (Lipinski definition) is 3. The van der Waals surface area contributed by atoms with E-state index in [2.05, 4.69) is 4.98 Å². The Morgan fingerprint density at radius 1 is 1.43 bits per heavy atom. The molecule has 21 heavy (non-hydrogen) atoms. The molecule has 6 nitrogen and oxygen atoms in total. The van der Waals surface area contributed by atoms with E-state index < -0.39 is 17.6 Å². The summed E-state index contributed by atoms with van der Waals surface area (Å²) in [7, 11) is 0. The molecule has 5 N–H and O–H groups in total. The van der Waals surface area contributed by atoms with Crippen LogP contribution in [0.5, 0.6) is 0 Å². The molecule has 1 aromatic heterocycles. The standard InChI is InChI=1S/C15H21N3O3/c16-12(14(20)21)8-15(17)5-3-10(4-6-15)13(19)11-2-1-7-18-9-11/h1-2,7,9-10,12H,3-6,8,16-17H2,(H,20,21)/t10?,12-,15?/m0/s1. The molecule has 1 aromatic rings. The van der Waals surface area contributed by atoms with Gasteiger partial charge in [-0.25, -0.2) is 0 Å². The molecule has 2 rings (SSSR count). The molecule has 114 valence electrons. The van der Waals surface area contributed by atoms with Crippen LogP contribution in [-0.2, 0) is 4.79 Å². The van der Waals surface area contributed by atoms with Crippen molar-refractivity contribution in [3.8, 4) is 0 Å². The number of Topliss-reactive ketones (excluding diaryl/α,β-unsaturated/α-hetero) is 1. The van der Waals surface area contributed by atoms with Crippen molar-refractivity contribution in [3.05, 3.63) is 30.1 Å². The van der Waals surface area contributed by atoms with E-state index >= 15 is 0 Å². The monoisotopic (exact) mass is 291 g/mol. The predicted molar refractivity (Wildman–Crippen MR) is 77.7 cm³/mol. The highest BCUT2D eigenvalue weighted by Gasteiger charge is 2.37. The molecule has 0 bridgehead atoms. The molecular weight excluding hydrogens is 270 g/mol. The Bertz CT molecular complexity index is 510. The Labute approximate surface area is 123 Å². The number of carboxylic acids is 1. The van der Waals surface area contributed by atoms with Gasteiger partial charge in [-0.3, -0.25) is 14.6 Å². The largest absolute Gasteiger partial charge is 0.480 e. The topological polar surface area (TPSA) is 119 Å². The second-order valence-electron chi connectivity index (χ2n) is 5.89. The second-order valence-corrected chi connectivity index (χ2v) is 5.89. The quantitative estimate of drug-likeness (QED) is 0.695. The first-order valence-corrected chi connectivity index (χ1v) is 7.13. The van der Waals surface area contributed by atoms with Gasteiger partial charge in [0.1, 0.15) is 6.04 Å². The number of pyridine rings is 1. The Hall–Kier alpha value is -1.79. The van der Waals surface area contributed by atoms with E-state index in [0.29, 0.717) is 31.2 Å². The van der Waals surface area contributed by atoms with Gasteiger partial charge in [-0.05, 0) is 44.2 Å². The number of aromatic nitrogens is 1. The summed E-state index contributed by atoms with van der Waals surface area (Å²) >= 11 is 0. The van der Waals surface area contributed by atoms with Crippen LogP contribution >= 0.6 is 0 Å². The fourth-order valence-corrected chi connectivity index (χ4v) is 2.93. The number of carbonyl (C=O) groups excluding carboxylic acids is 1. The zero-order chi connectivity index (χ0) is 15.5. The third-order valence-electron chi connectivity index (χ3n) is 4.24. The van der Waals surface area contributed by atoms with Gasteiger partial charge in [-0.2, -0.15) is 0 Å². The van der Waals surface area contributed by atoms with E-state index in [1.807, 2.05) is 0 Å². The number of nitrogens with zero attached hydrogens (tertiary/aromatic N) is 1. The van der Waals surface area contributed by atoms with Crippen LogP contribution in [0.4, 0.5) is 0 Å². The zero-order valence-electron chi connectivity index (χ0n) is 11.9. The van der Waals surface area contributed by atoms with Crippen LogP contribution < -0.4 is 11.5 Å². The number of carbonyl (C=O) groups is 2. The number of carboxylic acid groups (broad SMARTS) is 1. The molecule has 1 heterocycles. The predicted octanol–water partition coefficient (Wildman–Crippen LogP) is 0.954. The molecule has 0 aromatic carbocycles. The molecule has 0 unspecified atom stereocenters. The first-order chi connectivity index (χ1) is 9.91. The summed E-state index contributed by atoms with van der Waals surface area (Å²) in [5.41, 5.74) is 11.8. The van der Waals surface area contributed by atoms with Crippen molar-refractivity contribution < 1.29 is 14.7 Å². The molecule has 1 aliphatic carbocycles. The van der Waals surface area contributed by atoms with Crippen molar-refractivity contribution in [1.82, 2.24) is 4.98 Å². The van der Waals surface area contributed by atoms with E-state index in [9.17, 15) is 9.59 Å². The first kappa shape index (κ1) is 15.6. The van der Waals surface area contributed by atoms with Crippen LogP contribution in [0.15, 0.2) is 24.5 Å². The first-order valence-electron chi connectivity index (χ1n) is 7.13. The Balaban J connectivity index is 1.94. The third kappa shape index (κ3) is 3.86. The maximum atomic E-state index is 12.3. The molecule has 1 atom stereocenters. The summed E-state index contributed by atoms with van der Waals surface area (Å²) in [4.78, 5) is 27.1. The summed E-state index contributed by atoms with van der Waals surface area (Å²) in [6.45, 7) is 0. The molecule has 1 aliphatic rings. The average molecular weight is 291 g/mol. The van der Waals surface area contributed by atoms with Gasteiger partial charge >= 0.3 is 5.97 Å². The summed E-state index contributed by atoms with van der Waals surface area (Å²) in [6.07, 6.45) is 6.02. The van der Waals surface area contributed by atoms with Crippen LogP contribution in [0.3, 0.4) is 0 Å². The fraction of sp³-hybridized carbons (Fsp3) is 0.533. The van der Waals surface area contributed by atoms with Crippen LogP contribution in [0.25, 0.3) is 0 Å². The lowest BCUT2D eigenvalue weighted by atomic mass is 9.72. The molecule has 0 amide bonds. The maximum absolute atomic E-state index is 12.3. The summed E-state index contributed by atoms with van der Waals surface area (Å²) < 4.78 is 0. The van der Waals surface area contributed by atoms with Crippen molar-refractivity contribution in [1.29, 1.82) is 0 Å². The lowest BCUT2D eigenvalue weighted by Crippen LogP contribution is -2.50. The van der Waals surface area contributed by atoms with Gasteiger partial charge < -0.3 is 16.6 Å². The average Bonchev–Trinajstić information content (AvgIpc) is 2.48. The zero-order valence-corrected chi connectivity index (χ0v) is 11.9. The van der Waals surface area contributed by atoms with Crippen LogP contribution in [-0.4, -0.2) is 33.4 Å². The maximum Gasteiger partial charge on any atom is 0.320 e. The lowest BCUT2D eigenvalue weighted by Gasteiger charge is -2.37. The molecule has 0 aliphatic heterocycles. The van der Waals surface area contributed by atoms with Gasteiger partial charge in [0.25, 0.3) is 0 Å². The summed E-state index contributed by atoms with van der Waals surface area (Å²) in [5.74, 6) is -1.01. The second kappa shape index (κ2) is 6.32. The molecule has 0 spiro atoms. The smallest absolute Gasteiger partial charge is 0.320 e. The highest BCUT2D eigenvalue weighted by atomic mass is 16.4. The van der Waals surface area contributed by atoms with Gasteiger partial charge in [0.2, 0.25) is 0 Å². The normalized spacial score (nSPS) is 27.0. The van der Waals surface area contributed by atoms with Gasteiger partial charge in [0, 0.05) is 29.4 Å². The molecule has 0 saturated heterocycles. The van der Waals surface area contributed by atoms with Crippen LogP contribution in [0.1, 0.15) is 42.5 Å². The van der Waals surface area contributed by atoms with E-state index in [1.54, 1.807) is 24.5 Å². The van der Waals surface area contributed by atoms with E-state index in [0.717, 1.165) is 0 Å². The van der Waals surface area contributed by atoms with E-state index in [4.69, 9.17) is 16.6 Å². The number of rotatable bonds is 5. The van der Waals surface area contributed by atoms with Crippen molar-refractivity contribution in [3.63, 3.8) is 0 Å². The Kier molecular flexibility index (Phi) is 4.69. The fourth-order valence-electron chi connectivity index (χ4n) is 2.93.